The second-order valence-corrected chi connectivity index (χ2v) is 9.12. The topological polar surface area (TPSA) is 89.9 Å². The number of hydrogen-bond acceptors (Lipinski definition) is 5. The van der Waals surface area contributed by atoms with E-state index in [0.29, 0.717) is 0 Å². The molecule has 0 unspecified atom stereocenters. The van der Waals surface area contributed by atoms with Crippen LogP contribution < -0.4 is 0 Å². The lowest BCUT2D eigenvalue weighted by Crippen LogP contribution is -2.46. The van der Waals surface area contributed by atoms with E-state index in [-0.39, 0.29) is 31.5 Å². The van der Waals surface area contributed by atoms with E-state index in [1.54, 1.807) is 13.8 Å². The zero-order valence-electron chi connectivity index (χ0n) is 16.1. The summed E-state index contributed by atoms with van der Waals surface area (Å²) in [6.07, 6.45) is 2.96. The van der Waals surface area contributed by atoms with Gasteiger partial charge in [0.2, 0.25) is 0 Å². The van der Waals surface area contributed by atoms with Crippen molar-refractivity contribution < 1.29 is 44.8 Å². The zero-order chi connectivity index (χ0) is 21.6. The number of hydrogen-bond donors (Lipinski definition) is 1. The number of carbonyl (C=O) groups excluding carboxylic acids is 1. The number of ether oxygens (including phenoxy) is 2. The Balaban J connectivity index is 2.34. The second-order valence-electron chi connectivity index (χ2n) is 7.66. The van der Waals surface area contributed by atoms with Gasteiger partial charge in [0.05, 0.1) is 18.1 Å². The Bertz CT molecular complexity index is 615. The highest BCUT2D eigenvalue weighted by Crippen LogP contribution is 2.41. The zero-order valence-corrected chi connectivity index (χ0v) is 16.9. The molecule has 0 aromatic rings. The smallest absolute Gasteiger partial charge is 0.431 e. The van der Waals surface area contributed by atoms with Crippen LogP contribution in [-0.4, -0.2) is 48.9 Å². The molecule has 0 atom stereocenters. The van der Waals surface area contributed by atoms with Crippen molar-refractivity contribution in [3.63, 3.8) is 0 Å². The third-order valence-electron chi connectivity index (χ3n) is 4.76. The maximum atomic E-state index is 13.4. The fraction of sp³-hybridized carbons (Fsp3) is 0.941. The third-order valence-corrected chi connectivity index (χ3v) is 5.71. The summed E-state index contributed by atoms with van der Waals surface area (Å²) in [6, 6.07) is 0. The second kappa shape index (κ2) is 9.71. The summed E-state index contributed by atoms with van der Waals surface area (Å²) < 4.78 is 92.7. The minimum absolute atomic E-state index is 0.0827. The minimum atomic E-state index is -6.23. The molecule has 0 amide bonds. The monoisotopic (exact) mass is 436 g/mol. The van der Waals surface area contributed by atoms with Crippen LogP contribution in [0.5, 0.6) is 0 Å². The van der Waals surface area contributed by atoms with Crippen molar-refractivity contribution >= 4 is 16.1 Å². The average molecular weight is 436 g/mol. The maximum Gasteiger partial charge on any atom is 0.431 e. The Morgan fingerprint density at radius 3 is 2.14 bits per heavy atom. The molecule has 0 heterocycles. The van der Waals surface area contributed by atoms with Gasteiger partial charge in [-0.2, -0.15) is 26.0 Å². The summed E-state index contributed by atoms with van der Waals surface area (Å²) in [7, 11) is -6.23. The predicted octanol–water partition coefficient (Wildman–Crippen LogP) is 4.19. The maximum absolute atomic E-state index is 13.4. The number of carbonyl (C=O) groups is 1. The first-order valence-corrected chi connectivity index (χ1v) is 10.7. The van der Waals surface area contributed by atoms with Gasteiger partial charge < -0.3 is 9.47 Å². The van der Waals surface area contributed by atoms with E-state index in [2.05, 4.69) is 0 Å². The number of halogens is 4. The summed E-state index contributed by atoms with van der Waals surface area (Å²) >= 11 is 0. The van der Waals surface area contributed by atoms with E-state index >= 15 is 0 Å². The van der Waals surface area contributed by atoms with Gasteiger partial charge in [-0.1, -0.05) is 19.3 Å². The summed E-state index contributed by atoms with van der Waals surface area (Å²) in [4.78, 5) is 11.9. The first-order chi connectivity index (χ1) is 12.7. The van der Waals surface area contributed by atoms with Crippen molar-refractivity contribution in [1.82, 2.24) is 0 Å². The number of esters is 1. The van der Waals surface area contributed by atoms with Gasteiger partial charge in [0.15, 0.2) is 0 Å². The van der Waals surface area contributed by atoms with Gasteiger partial charge in [-0.3, -0.25) is 9.35 Å². The molecule has 0 radical (unpaired) electrons. The summed E-state index contributed by atoms with van der Waals surface area (Å²) in [5, 5.41) is -5.57. The van der Waals surface area contributed by atoms with Crippen molar-refractivity contribution in [3.05, 3.63) is 0 Å². The predicted molar refractivity (Wildman–Crippen MR) is 92.9 cm³/mol. The number of rotatable bonds is 11. The van der Waals surface area contributed by atoms with E-state index < -0.39 is 39.7 Å². The quantitative estimate of drug-likeness (QED) is 0.226. The van der Waals surface area contributed by atoms with Gasteiger partial charge in [-0.05, 0) is 33.1 Å². The van der Waals surface area contributed by atoms with Crippen molar-refractivity contribution in [3.8, 4) is 0 Å². The van der Waals surface area contributed by atoms with E-state index in [9.17, 15) is 30.8 Å². The molecule has 0 aromatic carbocycles. The third kappa shape index (κ3) is 7.14. The van der Waals surface area contributed by atoms with Crippen LogP contribution in [-0.2, 0) is 24.4 Å². The molecule has 0 aromatic heterocycles. The van der Waals surface area contributed by atoms with Gasteiger partial charge >= 0.3 is 27.3 Å². The summed E-state index contributed by atoms with van der Waals surface area (Å²) in [6.45, 7) is 3.01. The largest absolute Gasteiger partial charge is 0.465 e. The molecule has 1 saturated carbocycles. The van der Waals surface area contributed by atoms with Crippen molar-refractivity contribution in [2.45, 2.75) is 82.0 Å². The van der Waals surface area contributed by atoms with E-state index in [1.165, 1.54) is 0 Å². The Hall–Kier alpha value is -0.940. The minimum Gasteiger partial charge on any atom is -0.465 e. The van der Waals surface area contributed by atoms with Gasteiger partial charge in [0.1, 0.15) is 0 Å². The molecule has 28 heavy (non-hydrogen) atoms. The van der Waals surface area contributed by atoms with Gasteiger partial charge in [-0.15, -0.1) is 0 Å². The van der Waals surface area contributed by atoms with Crippen LogP contribution >= 0.6 is 0 Å². The van der Waals surface area contributed by atoms with Crippen LogP contribution in [0, 0.1) is 5.92 Å². The first kappa shape index (κ1) is 25.1. The lowest BCUT2D eigenvalue weighted by molar-refractivity contribution is -0.168. The number of alkyl halides is 4. The molecule has 0 aliphatic heterocycles. The van der Waals surface area contributed by atoms with Crippen LogP contribution in [0.15, 0.2) is 0 Å². The molecule has 166 valence electrons. The molecule has 0 spiro atoms. The van der Waals surface area contributed by atoms with Crippen LogP contribution in [0.25, 0.3) is 0 Å². The van der Waals surface area contributed by atoms with Gasteiger partial charge in [0, 0.05) is 19.4 Å². The first-order valence-electron chi connectivity index (χ1n) is 9.23. The Labute approximate surface area is 162 Å². The van der Waals surface area contributed by atoms with Crippen LogP contribution in [0.1, 0.15) is 65.2 Å². The molecule has 1 N–H and O–H groups in total. The summed E-state index contributed by atoms with van der Waals surface area (Å²) in [5.41, 5.74) is -0.853. The van der Waals surface area contributed by atoms with E-state index in [1.807, 2.05) is 0 Å². The van der Waals surface area contributed by atoms with Crippen molar-refractivity contribution in [1.29, 1.82) is 0 Å². The molecule has 1 rings (SSSR count). The van der Waals surface area contributed by atoms with Crippen LogP contribution in [0.4, 0.5) is 17.6 Å². The van der Waals surface area contributed by atoms with Crippen molar-refractivity contribution in [2.75, 3.05) is 13.2 Å². The molecular weight excluding hydrogens is 408 g/mol. The van der Waals surface area contributed by atoms with Crippen LogP contribution in [0.2, 0.25) is 0 Å². The molecule has 0 bridgehead atoms. The Morgan fingerprint density at radius 2 is 1.61 bits per heavy atom. The summed E-state index contributed by atoms with van der Waals surface area (Å²) in [5.74, 6) is -5.28. The average Bonchev–Trinajstić information content (AvgIpc) is 2.58. The van der Waals surface area contributed by atoms with E-state index in [0.717, 1.165) is 32.1 Å². The van der Waals surface area contributed by atoms with Crippen LogP contribution in [0.3, 0.4) is 0 Å². The van der Waals surface area contributed by atoms with Gasteiger partial charge in [-0.25, -0.2) is 0 Å². The molecule has 11 heteroatoms. The fourth-order valence-corrected chi connectivity index (χ4v) is 3.38. The molecule has 1 aliphatic carbocycles. The molecule has 1 fully saturated rings. The fourth-order valence-electron chi connectivity index (χ4n) is 2.90. The lowest BCUT2D eigenvalue weighted by atomic mass is 9.89. The Kier molecular flexibility index (Phi) is 8.70. The molecule has 6 nitrogen and oxygen atoms in total. The normalized spacial score (nSPS) is 17.5. The highest BCUT2D eigenvalue weighted by atomic mass is 32.2. The Morgan fingerprint density at radius 1 is 1.04 bits per heavy atom. The highest BCUT2D eigenvalue weighted by molar-refractivity contribution is 7.87. The molecule has 0 saturated heterocycles. The molecular formula is C17H28F4O6S. The lowest BCUT2D eigenvalue weighted by Gasteiger charge is -2.27. The van der Waals surface area contributed by atoms with E-state index in [4.69, 9.17) is 14.0 Å². The molecule has 1 aliphatic rings. The SMILES string of the molecule is CC(C)(CCOC(=O)C1CCCCC1)OCCCC(F)(F)C(F)(F)S(=O)(=O)O. The standard InChI is InChI=1S/C17H28F4O6S/c1-15(2,10-12-26-14(22)13-7-4-3-5-8-13)27-11-6-9-16(18,19)17(20,21)28(23,24)25/h13H,3-12H2,1-2H3,(H,23,24,25). The van der Waals surface area contributed by atoms with Gasteiger partial charge in [0.25, 0.3) is 0 Å². The highest BCUT2D eigenvalue weighted by Gasteiger charge is 2.64. The van der Waals surface area contributed by atoms with Crippen molar-refractivity contribution in [2.24, 2.45) is 5.92 Å².